The molecule has 184 valence electrons. The third-order valence-corrected chi connectivity index (χ3v) is 7.47. The van der Waals surface area contributed by atoms with Crippen molar-refractivity contribution in [3.63, 3.8) is 0 Å². The van der Waals surface area contributed by atoms with Gasteiger partial charge in [0.1, 0.15) is 4.88 Å². The van der Waals surface area contributed by atoms with Crippen LogP contribution in [0.5, 0.6) is 0 Å². The van der Waals surface area contributed by atoms with Crippen LogP contribution in [0.2, 0.25) is 5.02 Å². The second-order valence-corrected chi connectivity index (χ2v) is 10.5. The van der Waals surface area contributed by atoms with Crippen molar-refractivity contribution < 1.29 is 9.59 Å². The van der Waals surface area contributed by atoms with E-state index in [2.05, 4.69) is 30.1 Å². The zero-order chi connectivity index (χ0) is 25.1. The molecule has 0 saturated carbocycles. The van der Waals surface area contributed by atoms with Crippen molar-refractivity contribution in [3.05, 3.63) is 81.3 Å². The van der Waals surface area contributed by atoms with Crippen molar-refractivity contribution in [2.24, 2.45) is 0 Å². The first-order chi connectivity index (χ1) is 17.5. The molecule has 0 radical (unpaired) electrons. The summed E-state index contributed by atoms with van der Waals surface area (Å²) in [4.78, 5) is 39.0. The minimum Gasteiger partial charge on any atom is -0.343 e. The Morgan fingerprint density at radius 3 is 2.83 bits per heavy atom. The third kappa shape index (κ3) is 5.42. The number of aromatic nitrogens is 2. The molecule has 3 heterocycles. The number of hydrogen-bond acceptors (Lipinski definition) is 5. The number of aryl methyl sites for hydroxylation is 1. The quantitative estimate of drug-likeness (QED) is 0.288. The van der Waals surface area contributed by atoms with Crippen molar-refractivity contribution in [2.45, 2.75) is 32.7 Å². The lowest BCUT2D eigenvalue weighted by Crippen LogP contribution is -2.34. The molecular formula is C28H27ClN4O2S. The van der Waals surface area contributed by atoms with Crippen LogP contribution in [0.3, 0.4) is 0 Å². The molecule has 0 atom stereocenters. The van der Waals surface area contributed by atoms with Crippen molar-refractivity contribution in [1.29, 1.82) is 0 Å². The standard InChI is InChI=1S/C28H27ClN4O2S/c1-19-5-2-6-21(13-19)27-22(14-20-8-9-23(29)15-24(20)31-27)17-33(28(35)25-16-30-18-36-25)12-4-11-32-10-3-7-26(32)34/h2,5-6,8-9,13-16,18H,3-4,7,10-12,17H2,1H3. The first-order valence-electron chi connectivity index (χ1n) is 12.1. The minimum atomic E-state index is -0.0587. The molecule has 2 amide bonds. The Bertz CT molecular complexity index is 1410. The van der Waals surface area contributed by atoms with Gasteiger partial charge in [-0.15, -0.1) is 11.3 Å². The number of carbonyl (C=O) groups excluding carboxylic acids is 2. The Labute approximate surface area is 219 Å². The van der Waals surface area contributed by atoms with Crippen LogP contribution in [-0.4, -0.2) is 51.2 Å². The molecule has 0 spiro atoms. The molecule has 1 aliphatic heterocycles. The highest BCUT2D eigenvalue weighted by molar-refractivity contribution is 7.11. The van der Waals surface area contributed by atoms with Crippen molar-refractivity contribution >= 4 is 45.7 Å². The van der Waals surface area contributed by atoms with E-state index in [0.717, 1.165) is 46.3 Å². The largest absolute Gasteiger partial charge is 0.343 e. The van der Waals surface area contributed by atoms with E-state index in [0.29, 0.717) is 42.4 Å². The smallest absolute Gasteiger partial charge is 0.265 e. The molecule has 6 nitrogen and oxygen atoms in total. The lowest BCUT2D eigenvalue weighted by atomic mass is 10.0. The molecule has 0 aliphatic carbocycles. The zero-order valence-corrected chi connectivity index (χ0v) is 21.7. The Morgan fingerprint density at radius 1 is 1.19 bits per heavy atom. The molecule has 1 saturated heterocycles. The molecule has 2 aromatic heterocycles. The van der Waals surface area contributed by atoms with E-state index < -0.39 is 0 Å². The SMILES string of the molecule is Cc1cccc(-c2nc3cc(Cl)ccc3cc2CN(CCCN2CCCC2=O)C(=O)c2cncs2)c1. The second kappa shape index (κ2) is 10.8. The number of thiazole rings is 1. The zero-order valence-electron chi connectivity index (χ0n) is 20.1. The van der Waals surface area contributed by atoms with Crippen LogP contribution in [0.15, 0.2) is 60.2 Å². The first kappa shape index (κ1) is 24.4. The molecular weight excluding hydrogens is 492 g/mol. The van der Waals surface area contributed by atoms with Gasteiger partial charge in [-0.3, -0.25) is 14.6 Å². The highest BCUT2D eigenvalue weighted by atomic mass is 35.5. The van der Waals surface area contributed by atoms with E-state index in [9.17, 15) is 9.59 Å². The van der Waals surface area contributed by atoms with Gasteiger partial charge < -0.3 is 9.80 Å². The van der Waals surface area contributed by atoms with E-state index in [1.165, 1.54) is 11.3 Å². The average molecular weight is 519 g/mol. The fraction of sp³-hybridized carbons (Fsp3) is 0.286. The molecule has 1 fully saturated rings. The van der Waals surface area contributed by atoms with E-state index in [4.69, 9.17) is 16.6 Å². The van der Waals surface area contributed by atoms with Crippen LogP contribution in [0, 0.1) is 6.92 Å². The molecule has 5 rings (SSSR count). The number of fused-ring (bicyclic) bond motifs is 1. The summed E-state index contributed by atoms with van der Waals surface area (Å²) in [5.41, 5.74) is 6.43. The summed E-state index contributed by atoms with van der Waals surface area (Å²) in [5.74, 6) is 0.145. The lowest BCUT2D eigenvalue weighted by molar-refractivity contribution is -0.127. The van der Waals surface area contributed by atoms with Crippen LogP contribution < -0.4 is 0 Å². The van der Waals surface area contributed by atoms with Gasteiger partial charge in [0.15, 0.2) is 0 Å². The number of benzene rings is 2. The molecule has 1 aliphatic rings. The lowest BCUT2D eigenvalue weighted by Gasteiger charge is -2.25. The monoisotopic (exact) mass is 518 g/mol. The number of rotatable bonds is 8. The van der Waals surface area contributed by atoms with Gasteiger partial charge in [-0.1, -0.05) is 41.4 Å². The van der Waals surface area contributed by atoms with E-state index >= 15 is 0 Å². The third-order valence-electron chi connectivity index (χ3n) is 6.47. The summed E-state index contributed by atoms with van der Waals surface area (Å²) in [6, 6.07) is 16.0. The topological polar surface area (TPSA) is 66.4 Å². The number of hydrogen-bond donors (Lipinski definition) is 0. The van der Waals surface area contributed by atoms with Crippen molar-refractivity contribution in [3.8, 4) is 11.3 Å². The minimum absolute atomic E-state index is 0.0587. The molecule has 0 unspecified atom stereocenters. The van der Waals surface area contributed by atoms with Gasteiger partial charge in [-0.25, -0.2) is 4.98 Å². The summed E-state index contributed by atoms with van der Waals surface area (Å²) in [5, 5.41) is 1.61. The predicted octanol–water partition coefficient (Wildman–Crippen LogP) is 5.98. The van der Waals surface area contributed by atoms with Gasteiger partial charge in [0.25, 0.3) is 5.91 Å². The maximum Gasteiger partial charge on any atom is 0.265 e. The summed E-state index contributed by atoms with van der Waals surface area (Å²) >= 11 is 7.60. The number of nitrogens with zero attached hydrogens (tertiary/aromatic N) is 4. The number of likely N-dealkylation sites (tertiary alicyclic amines) is 1. The van der Waals surface area contributed by atoms with Gasteiger partial charge in [-0.05, 0) is 49.6 Å². The molecule has 2 aromatic carbocycles. The summed E-state index contributed by atoms with van der Waals surface area (Å²) < 4.78 is 0. The Balaban J connectivity index is 1.49. The molecule has 0 N–H and O–H groups in total. The highest BCUT2D eigenvalue weighted by Gasteiger charge is 2.23. The predicted molar refractivity (Wildman–Crippen MR) is 144 cm³/mol. The van der Waals surface area contributed by atoms with Gasteiger partial charge in [-0.2, -0.15) is 0 Å². The Morgan fingerprint density at radius 2 is 2.08 bits per heavy atom. The Kier molecular flexibility index (Phi) is 7.30. The number of halogens is 1. The van der Waals surface area contributed by atoms with Gasteiger partial charge in [0.2, 0.25) is 5.91 Å². The normalized spacial score (nSPS) is 13.5. The van der Waals surface area contributed by atoms with Gasteiger partial charge in [0, 0.05) is 48.6 Å². The highest BCUT2D eigenvalue weighted by Crippen LogP contribution is 2.29. The second-order valence-electron chi connectivity index (χ2n) is 9.13. The first-order valence-corrected chi connectivity index (χ1v) is 13.4. The van der Waals surface area contributed by atoms with Crippen LogP contribution in [0.25, 0.3) is 22.2 Å². The fourth-order valence-corrected chi connectivity index (χ4v) is 5.43. The average Bonchev–Trinajstić information content (AvgIpc) is 3.55. The summed E-state index contributed by atoms with van der Waals surface area (Å²) in [7, 11) is 0. The van der Waals surface area contributed by atoms with Crippen LogP contribution in [0.4, 0.5) is 0 Å². The Hall–Kier alpha value is -3.29. The molecule has 36 heavy (non-hydrogen) atoms. The van der Waals surface area contributed by atoms with Crippen molar-refractivity contribution in [1.82, 2.24) is 19.8 Å². The summed E-state index contributed by atoms with van der Waals surface area (Å²) in [6.07, 6.45) is 3.86. The molecule has 0 bridgehead atoms. The van der Waals surface area contributed by atoms with Crippen LogP contribution in [-0.2, 0) is 11.3 Å². The summed E-state index contributed by atoms with van der Waals surface area (Å²) in [6.45, 7) is 4.45. The number of pyridine rings is 1. The van der Waals surface area contributed by atoms with Crippen molar-refractivity contribution in [2.75, 3.05) is 19.6 Å². The number of amides is 2. The van der Waals surface area contributed by atoms with E-state index in [1.807, 2.05) is 40.1 Å². The number of carbonyl (C=O) groups is 2. The fourth-order valence-electron chi connectivity index (χ4n) is 4.68. The van der Waals surface area contributed by atoms with E-state index in [1.54, 1.807) is 11.7 Å². The molecule has 4 aromatic rings. The maximum absolute atomic E-state index is 13.5. The van der Waals surface area contributed by atoms with E-state index in [-0.39, 0.29) is 11.8 Å². The van der Waals surface area contributed by atoms with Gasteiger partial charge in [0.05, 0.1) is 22.9 Å². The van der Waals surface area contributed by atoms with Crippen LogP contribution >= 0.6 is 22.9 Å². The molecule has 8 heteroatoms. The van der Waals surface area contributed by atoms with Crippen LogP contribution in [0.1, 0.15) is 40.1 Å². The maximum atomic E-state index is 13.5. The van der Waals surface area contributed by atoms with Gasteiger partial charge >= 0.3 is 0 Å².